The average Bonchev–Trinajstić information content (AvgIpc) is 1.84. The van der Waals surface area contributed by atoms with Crippen LogP contribution in [0, 0.1) is 0 Å². The second kappa shape index (κ2) is 3.27. The third kappa shape index (κ3) is 1.80. The molecule has 0 radical (unpaired) electrons. The summed E-state index contributed by atoms with van der Waals surface area (Å²) in [4.78, 5) is 4.41. The van der Waals surface area contributed by atoms with Crippen LogP contribution in [0.2, 0.25) is 0 Å². The van der Waals surface area contributed by atoms with Crippen LogP contribution < -0.4 is 5.90 Å². The van der Waals surface area contributed by atoms with Crippen molar-refractivity contribution in [1.29, 1.82) is 0 Å². The van der Waals surface area contributed by atoms with E-state index in [0.717, 1.165) is 5.57 Å². The Kier molecular flexibility index (Phi) is 2.96. The molecule has 0 atom stereocenters. The van der Waals surface area contributed by atoms with Gasteiger partial charge in [-0.15, -0.1) is 0 Å². The highest BCUT2D eigenvalue weighted by atomic mass is 16.6. The zero-order valence-corrected chi connectivity index (χ0v) is 5.27. The minimum absolute atomic E-state index is 0.708. The second-order valence-corrected chi connectivity index (χ2v) is 1.56. The highest BCUT2D eigenvalue weighted by Crippen LogP contribution is 2.01. The molecule has 0 saturated heterocycles. The normalized spacial score (nSPS) is 12.4. The topological polar surface area (TPSA) is 35.2 Å². The van der Waals surface area contributed by atoms with Crippen molar-refractivity contribution in [3.8, 4) is 0 Å². The maximum Gasteiger partial charge on any atom is 0.123 e. The largest absolute Gasteiger partial charge is 0.416 e. The SMILES string of the molecule is C=C/C(C)=C(/C)ON. The first kappa shape index (κ1) is 7.24. The summed E-state index contributed by atoms with van der Waals surface area (Å²) in [6.07, 6.45) is 1.70. The van der Waals surface area contributed by atoms with Crippen LogP contribution in [0.1, 0.15) is 13.8 Å². The van der Waals surface area contributed by atoms with Gasteiger partial charge in [0.2, 0.25) is 0 Å². The summed E-state index contributed by atoms with van der Waals surface area (Å²) < 4.78 is 0. The molecule has 0 aromatic rings. The van der Waals surface area contributed by atoms with Crippen molar-refractivity contribution in [3.05, 3.63) is 24.0 Å². The molecule has 0 amide bonds. The van der Waals surface area contributed by atoms with E-state index >= 15 is 0 Å². The van der Waals surface area contributed by atoms with Crippen LogP contribution in [0.5, 0.6) is 0 Å². The Morgan fingerprint density at radius 2 is 2.12 bits per heavy atom. The molecule has 0 bridgehead atoms. The predicted octanol–water partition coefficient (Wildman–Crippen LogP) is 1.36. The second-order valence-electron chi connectivity index (χ2n) is 1.56. The van der Waals surface area contributed by atoms with Gasteiger partial charge in [-0.2, -0.15) is 5.90 Å². The van der Waals surface area contributed by atoms with Crippen molar-refractivity contribution in [1.82, 2.24) is 0 Å². The third-order valence-corrected chi connectivity index (χ3v) is 1.04. The van der Waals surface area contributed by atoms with Crippen LogP contribution in [0.15, 0.2) is 24.0 Å². The Bertz CT molecular complexity index is 116. The van der Waals surface area contributed by atoms with Crippen molar-refractivity contribution in [2.24, 2.45) is 5.90 Å². The first-order chi connectivity index (χ1) is 3.72. The number of allylic oxidation sites excluding steroid dienone is 3. The van der Waals surface area contributed by atoms with E-state index in [1.165, 1.54) is 0 Å². The standard InChI is InChI=1S/C6H11NO/c1-4-5(2)6(3)8-7/h4H,1,7H2,2-3H3/b6-5-. The molecule has 0 aromatic carbocycles. The molecule has 0 heterocycles. The van der Waals surface area contributed by atoms with Gasteiger partial charge in [-0.05, 0) is 19.4 Å². The minimum atomic E-state index is 0.708. The van der Waals surface area contributed by atoms with E-state index in [1.807, 2.05) is 6.92 Å². The van der Waals surface area contributed by atoms with Crippen LogP contribution in [0.3, 0.4) is 0 Å². The summed E-state index contributed by atoms with van der Waals surface area (Å²) in [5, 5.41) is 0. The Morgan fingerprint density at radius 3 is 2.25 bits per heavy atom. The van der Waals surface area contributed by atoms with Gasteiger partial charge in [0, 0.05) is 0 Å². The summed E-state index contributed by atoms with van der Waals surface area (Å²) in [5.41, 5.74) is 0.965. The summed E-state index contributed by atoms with van der Waals surface area (Å²) in [7, 11) is 0. The van der Waals surface area contributed by atoms with Crippen LogP contribution in [0.4, 0.5) is 0 Å². The number of rotatable bonds is 2. The third-order valence-electron chi connectivity index (χ3n) is 1.04. The molecule has 0 aliphatic rings. The van der Waals surface area contributed by atoms with E-state index in [1.54, 1.807) is 13.0 Å². The van der Waals surface area contributed by atoms with Gasteiger partial charge in [-0.3, -0.25) is 0 Å². The monoisotopic (exact) mass is 113 g/mol. The summed E-state index contributed by atoms with van der Waals surface area (Å²) >= 11 is 0. The number of nitrogens with two attached hydrogens (primary N) is 1. The van der Waals surface area contributed by atoms with Gasteiger partial charge in [0.25, 0.3) is 0 Å². The lowest BCUT2D eigenvalue weighted by Crippen LogP contribution is -1.96. The fourth-order valence-corrected chi connectivity index (χ4v) is 0.237. The molecule has 46 valence electrons. The highest BCUT2D eigenvalue weighted by molar-refractivity contribution is 5.15. The zero-order chi connectivity index (χ0) is 6.57. The Balaban J connectivity index is 4.03. The Hall–Kier alpha value is -0.760. The van der Waals surface area contributed by atoms with Gasteiger partial charge < -0.3 is 4.84 Å². The number of hydrogen-bond acceptors (Lipinski definition) is 2. The first-order valence-corrected chi connectivity index (χ1v) is 2.39. The molecule has 0 rings (SSSR count). The van der Waals surface area contributed by atoms with Crippen molar-refractivity contribution >= 4 is 0 Å². The van der Waals surface area contributed by atoms with E-state index in [-0.39, 0.29) is 0 Å². The molecular weight excluding hydrogens is 102 g/mol. The van der Waals surface area contributed by atoms with E-state index in [0.29, 0.717) is 5.76 Å². The molecular formula is C6H11NO. The van der Waals surface area contributed by atoms with E-state index in [4.69, 9.17) is 5.90 Å². The maximum absolute atomic E-state index is 4.84. The molecule has 0 aliphatic carbocycles. The fourth-order valence-electron chi connectivity index (χ4n) is 0.237. The molecule has 2 heteroatoms. The van der Waals surface area contributed by atoms with Crippen molar-refractivity contribution < 1.29 is 4.84 Å². The van der Waals surface area contributed by atoms with Gasteiger partial charge in [0.15, 0.2) is 0 Å². The van der Waals surface area contributed by atoms with Crippen LogP contribution in [-0.4, -0.2) is 0 Å². The molecule has 0 spiro atoms. The van der Waals surface area contributed by atoms with E-state index < -0.39 is 0 Å². The number of hydrogen-bond donors (Lipinski definition) is 1. The first-order valence-electron chi connectivity index (χ1n) is 2.39. The van der Waals surface area contributed by atoms with E-state index in [2.05, 4.69) is 11.4 Å². The Labute approximate surface area is 49.6 Å². The van der Waals surface area contributed by atoms with Crippen molar-refractivity contribution in [2.75, 3.05) is 0 Å². The minimum Gasteiger partial charge on any atom is -0.416 e. The van der Waals surface area contributed by atoms with Gasteiger partial charge in [-0.1, -0.05) is 12.7 Å². The summed E-state index contributed by atoms with van der Waals surface area (Å²) in [5.74, 6) is 5.55. The molecule has 0 fully saturated rings. The van der Waals surface area contributed by atoms with Crippen molar-refractivity contribution in [3.63, 3.8) is 0 Å². The van der Waals surface area contributed by atoms with Gasteiger partial charge in [0.05, 0.1) is 0 Å². The molecule has 0 saturated carbocycles. The highest BCUT2D eigenvalue weighted by Gasteiger charge is 1.87. The lowest BCUT2D eigenvalue weighted by molar-refractivity contribution is 0.220. The molecule has 0 aromatic heterocycles. The zero-order valence-electron chi connectivity index (χ0n) is 5.27. The summed E-state index contributed by atoms with van der Waals surface area (Å²) in [6.45, 7) is 7.21. The fraction of sp³-hybridized carbons (Fsp3) is 0.333. The quantitative estimate of drug-likeness (QED) is 0.333. The van der Waals surface area contributed by atoms with Gasteiger partial charge in [0.1, 0.15) is 5.76 Å². The van der Waals surface area contributed by atoms with Gasteiger partial charge >= 0.3 is 0 Å². The van der Waals surface area contributed by atoms with Gasteiger partial charge in [-0.25, -0.2) is 0 Å². The Morgan fingerprint density at radius 1 is 1.62 bits per heavy atom. The molecule has 2 nitrogen and oxygen atoms in total. The van der Waals surface area contributed by atoms with Crippen LogP contribution in [-0.2, 0) is 4.84 Å². The molecule has 8 heavy (non-hydrogen) atoms. The van der Waals surface area contributed by atoms with E-state index in [9.17, 15) is 0 Å². The molecule has 0 unspecified atom stereocenters. The predicted molar refractivity (Wildman–Crippen MR) is 33.8 cm³/mol. The average molecular weight is 113 g/mol. The molecule has 0 aliphatic heterocycles. The van der Waals surface area contributed by atoms with Crippen LogP contribution in [0.25, 0.3) is 0 Å². The smallest absolute Gasteiger partial charge is 0.123 e. The maximum atomic E-state index is 4.84. The van der Waals surface area contributed by atoms with Crippen LogP contribution >= 0.6 is 0 Å². The molecule has 2 N–H and O–H groups in total. The lowest BCUT2D eigenvalue weighted by atomic mass is 10.3. The van der Waals surface area contributed by atoms with Crippen molar-refractivity contribution in [2.45, 2.75) is 13.8 Å². The lowest BCUT2D eigenvalue weighted by Gasteiger charge is -1.97. The summed E-state index contributed by atoms with van der Waals surface area (Å²) in [6, 6.07) is 0.